The van der Waals surface area contributed by atoms with Gasteiger partial charge in [-0.05, 0) is 76.0 Å². The molecule has 4 aromatic rings. The molecular weight excluding hydrogens is 446 g/mol. The molecule has 0 unspecified atom stereocenters. The predicted octanol–water partition coefficient (Wildman–Crippen LogP) is 4.95. The fourth-order valence-electron chi connectivity index (χ4n) is 4.43. The topological polar surface area (TPSA) is 71.5 Å². The van der Waals surface area contributed by atoms with E-state index in [4.69, 9.17) is 4.74 Å². The van der Waals surface area contributed by atoms with Crippen LogP contribution in [-0.2, 0) is 11.3 Å². The van der Waals surface area contributed by atoms with Crippen molar-refractivity contribution in [2.24, 2.45) is 0 Å². The molecule has 2 amide bonds. The van der Waals surface area contributed by atoms with Crippen LogP contribution in [0.3, 0.4) is 0 Å². The Morgan fingerprint density at radius 2 is 1.82 bits per heavy atom. The van der Waals surface area contributed by atoms with Crippen LogP contribution < -0.4 is 15.0 Å². The molecular formula is C27H23N3O3S. The van der Waals surface area contributed by atoms with Gasteiger partial charge in [-0.15, -0.1) is 0 Å². The van der Waals surface area contributed by atoms with Gasteiger partial charge < -0.3 is 10.1 Å². The molecule has 0 saturated carbocycles. The number of fused-ring (bicyclic) bond motifs is 1. The Morgan fingerprint density at radius 3 is 2.53 bits per heavy atom. The molecule has 6 nitrogen and oxygen atoms in total. The number of hydrogen-bond acceptors (Lipinski definition) is 5. The van der Waals surface area contributed by atoms with Crippen LogP contribution in [0, 0.1) is 0 Å². The smallest absolute Gasteiger partial charge is 0.259 e. The van der Waals surface area contributed by atoms with Crippen LogP contribution in [0.15, 0.2) is 89.9 Å². The number of benzene rings is 2. The van der Waals surface area contributed by atoms with Crippen LogP contribution in [0.2, 0.25) is 0 Å². The Labute approximate surface area is 201 Å². The summed E-state index contributed by atoms with van der Waals surface area (Å²) in [7, 11) is 1.61. The third kappa shape index (κ3) is 4.06. The maximum absolute atomic E-state index is 13.8. The number of thiophene rings is 1. The summed E-state index contributed by atoms with van der Waals surface area (Å²) in [6, 6.07) is 20.0. The van der Waals surface area contributed by atoms with Gasteiger partial charge >= 0.3 is 0 Å². The Kier molecular flexibility index (Phi) is 6.10. The van der Waals surface area contributed by atoms with Crippen molar-refractivity contribution in [1.82, 2.24) is 10.3 Å². The van der Waals surface area contributed by atoms with E-state index in [9.17, 15) is 9.59 Å². The summed E-state index contributed by atoms with van der Waals surface area (Å²) in [5, 5.41) is 7.06. The predicted molar refractivity (Wildman–Crippen MR) is 132 cm³/mol. The Hall–Kier alpha value is -3.97. The van der Waals surface area contributed by atoms with E-state index < -0.39 is 12.0 Å². The van der Waals surface area contributed by atoms with E-state index in [0.29, 0.717) is 23.5 Å². The first-order chi connectivity index (χ1) is 16.7. The van der Waals surface area contributed by atoms with Crippen molar-refractivity contribution in [2.45, 2.75) is 18.5 Å². The average Bonchev–Trinajstić information content (AvgIpc) is 3.43. The third-order valence-corrected chi connectivity index (χ3v) is 6.77. The minimum atomic E-state index is -0.576. The minimum absolute atomic E-state index is 0.129. The van der Waals surface area contributed by atoms with Crippen LogP contribution in [0.1, 0.15) is 39.0 Å². The zero-order valence-electron chi connectivity index (χ0n) is 18.5. The number of methoxy groups -OCH3 is 1. The molecule has 3 heterocycles. The largest absolute Gasteiger partial charge is 0.497 e. The molecule has 34 heavy (non-hydrogen) atoms. The highest BCUT2D eigenvalue weighted by molar-refractivity contribution is 7.08. The minimum Gasteiger partial charge on any atom is -0.497 e. The number of anilines is 1. The number of nitrogens with zero attached hydrogens (tertiary/aromatic N) is 2. The molecule has 0 saturated heterocycles. The maximum atomic E-state index is 13.8. The second-order valence-corrected chi connectivity index (χ2v) is 8.79. The SMILES string of the molecule is COc1ccc(N2C(=O)c3ccccc3[C@@H](C(=O)NCc3ccncc3)[C@H]2c2ccsc2)cc1. The van der Waals surface area contributed by atoms with Gasteiger partial charge in [0.25, 0.3) is 5.91 Å². The van der Waals surface area contributed by atoms with Crippen molar-refractivity contribution in [3.63, 3.8) is 0 Å². The van der Waals surface area contributed by atoms with E-state index in [-0.39, 0.29) is 11.8 Å². The lowest BCUT2D eigenvalue weighted by Crippen LogP contribution is -2.47. The van der Waals surface area contributed by atoms with E-state index in [1.807, 2.05) is 71.4 Å². The molecule has 5 rings (SSSR count). The molecule has 0 radical (unpaired) electrons. The summed E-state index contributed by atoms with van der Waals surface area (Å²) in [6.45, 7) is 0.382. The van der Waals surface area contributed by atoms with E-state index in [2.05, 4.69) is 10.3 Å². The molecule has 0 spiro atoms. The van der Waals surface area contributed by atoms with Gasteiger partial charge in [0.15, 0.2) is 0 Å². The second-order valence-electron chi connectivity index (χ2n) is 8.01. The van der Waals surface area contributed by atoms with Gasteiger partial charge in [-0.3, -0.25) is 19.5 Å². The molecule has 0 aliphatic carbocycles. The summed E-state index contributed by atoms with van der Waals surface area (Å²) in [5.41, 5.74) is 3.87. The second kappa shape index (κ2) is 9.49. The molecule has 1 aliphatic rings. The Balaban J connectivity index is 1.60. The van der Waals surface area contributed by atoms with Gasteiger partial charge in [0.1, 0.15) is 5.75 Å². The van der Waals surface area contributed by atoms with Crippen LogP contribution in [0.4, 0.5) is 5.69 Å². The highest BCUT2D eigenvalue weighted by Gasteiger charge is 2.44. The zero-order valence-corrected chi connectivity index (χ0v) is 19.4. The lowest BCUT2D eigenvalue weighted by Gasteiger charge is -2.41. The number of aromatic nitrogens is 1. The quantitative estimate of drug-likeness (QED) is 0.434. The molecule has 2 atom stereocenters. The first kappa shape index (κ1) is 21.9. The van der Waals surface area contributed by atoms with E-state index in [0.717, 1.165) is 16.7 Å². The lowest BCUT2D eigenvalue weighted by atomic mass is 9.79. The van der Waals surface area contributed by atoms with E-state index in [1.54, 1.807) is 41.8 Å². The monoisotopic (exact) mass is 469 g/mol. The molecule has 2 aromatic heterocycles. The number of pyridine rings is 1. The molecule has 2 aromatic carbocycles. The van der Waals surface area contributed by atoms with Crippen molar-refractivity contribution >= 4 is 28.8 Å². The van der Waals surface area contributed by atoms with Gasteiger partial charge in [0.2, 0.25) is 5.91 Å². The summed E-state index contributed by atoms with van der Waals surface area (Å²) in [4.78, 5) is 33.3. The van der Waals surface area contributed by atoms with Crippen LogP contribution >= 0.6 is 11.3 Å². The number of carbonyl (C=O) groups excluding carboxylic acids is 2. The lowest BCUT2D eigenvalue weighted by molar-refractivity contribution is -0.123. The van der Waals surface area contributed by atoms with E-state index >= 15 is 0 Å². The standard InChI is InChI=1S/C27H23N3O3S/c1-33-21-8-6-20(7-9-21)30-25(19-12-15-34-17-19)24(22-4-2-3-5-23(22)27(30)32)26(31)29-16-18-10-13-28-14-11-18/h2-15,17,24-25H,16H2,1H3,(H,29,31)/t24-,25-/m1/s1. The van der Waals surface area contributed by atoms with Gasteiger partial charge in [-0.1, -0.05) is 18.2 Å². The fraction of sp³-hybridized carbons (Fsp3) is 0.148. The number of amides is 2. The molecule has 0 fully saturated rings. The summed E-state index contributed by atoms with van der Waals surface area (Å²) in [6.07, 6.45) is 3.41. The van der Waals surface area contributed by atoms with Crippen molar-refractivity contribution in [1.29, 1.82) is 0 Å². The molecule has 1 N–H and O–H groups in total. The third-order valence-electron chi connectivity index (χ3n) is 6.07. The highest BCUT2D eigenvalue weighted by Crippen LogP contribution is 2.45. The van der Waals surface area contributed by atoms with Crippen molar-refractivity contribution < 1.29 is 14.3 Å². The van der Waals surface area contributed by atoms with Crippen molar-refractivity contribution in [3.05, 3.63) is 112 Å². The number of ether oxygens (including phenoxy) is 1. The van der Waals surface area contributed by atoms with Crippen LogP contribution in [0.25, 0.3) is 0 Å². The van der Waals surface area contributed by atoms with Crippen molar-refractivity contribution in [2.75, 3.05) is 12.0 Å². The molecule has 0 bridgehead atoms. The zero-order chi connectivity index (χ0) is 23.5. The fourth-order valence-corrected chi connectivity index (χ4v) is 5.12. The van der Waals surface area contributed by atoms with Gasteiger partial charge in [0, 0.05) is 30.2 Å². The van der Waals surface area contributed by atoms with Gasteiger partial charge in [-0.2, -0.15) is 11.3 Å². The summed E-state index contributed by atoms with van der Waals surface area (Å²) >= 11 is 1.55. The highest BCUT2D eigenvalue weighted by atomic mass is 32.1. The first-order valence-electron chi connectivity index (χ1n) is 10.9. The molecule has 170 valence electrons. The first-order valence-corrected chi connectivity index (χ1v) is 11.9. The van der Waals surface area contributed by atoms with Gasteiger partial charge in [0.05, 0.1) is 19.1 Å². The summed E-state index contributed by atoms with van der Waals surface area (Å²) < 4.78 is 5.30. The summed E-state index contributed by atoms with van der Waals surface area (Å²) in [5.74, 6) is -0.138. The van der Waals surface area contributed by atoms with E-state index in [1.165, 1.54) is 0 Å². The van der Waals surface area contributed by atoms with Crippen LogP contribution in [-0.4, -0.2) is 23.9 Å². The number of hydrogen-bond donors (Lipinski definition) is 1. The number of carbonyl (C=O) groups is 2. The maximum Gasteiger partial charge on any atom is 0.259 e. The molecule has 1 aliphatic heterocycles. The van der Waals surface area contributed by atoms with Crippen molar-refractivity contribution in [3.8, 4) is 5.75 Å². The Morgan fingerprint density at radius 1 is 1.06 bits per heavy atom. The molecule has 7 heteroatoms. The normalized spacial score (nSPS) is 17.2. The Bertz CT molecular complexity index is 1290. The number of nitrogens with one attached hydrogen (secondary N) is 1. The average molecular weight is 470 g/mol. The number of rotatable bonds is 6. The van der Waals surface area contributed by atoms with Gasteiger partial charge in [-0.25, -0.2) is 0 Å². The van der Waals surface area contributed by atoms with Crippen LogP contribution in [0.5, 0.6) is 5.75 Å².